The van der Waals surface area contributed by atoms with Crippen molar-refractivity contribution < 1.29 is 13.2 Å². The van der Waals surface area contributed by atoms with Gasteiger partial charge < -0.3 is 15.2 Å². The molecule has 0 aromatic carbocycles. The molecule has 7 nitrogen and oxygen atoms in total. The van der Waals surface area contributed by atoms with Crippen molar-refractivity contribution in [3.63, 3.8) is 0 Å². The third-order valence-corrected chi connectivity index (χ3v) is 5.31. The Morgan fingerprint density at radius 2 is 2.00 bits per heavy atom. The van der Waals surface area contributed by atoms with Gasteiger partial charge in [-0.1, -0.05) is 6.92 Å². The molecule has 2 amide bonds. The molecule has 1 aliphatic rings. The molecular formula is C14H21N3O4S. The molecule has 22 heavy (non-hydrogen) atoms. The Kier molecular flexibility index (Phi) is 5.23. The number of aromatic nitrogens is 1. The highest BCUT2D eigenvalue weighted by Crippen LogP contribution is 2.12. The van der Waals surface area contributed by atoms with Crippen LogP contribution in [0.15, 0.2) is 23.1 Å². The van der Waals surface area contributed by atoms with Crippen molar-refractivity contribution in [3.05, 3.63) is 28.7 Å². The normalized spacial score (nSPS) is 17.9. The molecule has 0 unspecified atom stereocenters. The van der Waals surface area contributed by atoms with Gasteiger partial charge in [-0.15, -0.1) is 0 Å². The van der Waals surface area contributed by atoms with E-state index in [0.29, 0.717) is 25.1 Å². The molecule has 0 atom stereocenters. The predicted octanol–water partition coefficient (Wildman–Crippen LogP) is 0.957. The first-order chi connectivity index (χ1) is 10.4. The highest BCUT2D eigenvalue weighted by Gasteiger charge is 2.24. The number of amides is 2. The number of nitrogens with one attached hydrogen (secondary N) is 2. The number of hydrogen-bond donors (Lipinski definition) is 2. The van der Waals surface area contributed by atoms with Gasteiger partial charge in [0, 0.05) is 24.8 Å². The van der Waals surface area contributed by atoms with E-state index in [2.05, 4.69) is 10.6 Å². The molecule has 2 N–H and O–H groups in total. The largest absolute Gasteiger partial charge is 0.335 e. The van der Waals surface area contributed by atoms with Crippen molar-refractivity contribution in [2.24, 2.45) is 0 Å². The molecule has 0 aliphatic carbocycles. The second kappa shape index (κ2) is 6.95. The summed E-state index contributed by atoms with van der Waals surface area (Å²) in [7, 11) is -2.94. The number of sulfone groups is 1. The quantitative estimate of drug-likeness (QED) is 0.860. The van der Waals surface area contributed by atoms with E-state index in [1.165, 1.54) is 6.07 Å². The summed E-state index contributed by atoms with van der Waals surface area (Å²) in [4.78, 5) is 23.5. The topological polar surface area (TPSA) is 97.3 Å². The first-order valence-corrected chi connectivity index (χ1v) is 9.20. The smallest absolute Gasteiger partial charge is 0.319 e. The van der Waals surface area contributed by atoms with Gasteiger partial charge in [0.05, 0.1) is 17.2 Å². The van der Waals surface area contributed by atoms with Gasteiger partial charge in [0.2, 0.25) is 0 Å². The van der Waals surface area contributed by atoms with Crippen LogP contribution in [0.25, 0.3) is 0 Å². The van der Waals surface area contributed by atoms with Crippen LogP contribution in [0.3, 0.4) is 0 Å². The van der Waals surface area contributed by atoms with Gasteiger partial charge in [0.15, 0.2) is 0 Å². The summed E-state index contributed by atoms with van der Waals surface area (Å²) in [5, 5.41) is 5.45. The Morgan fingerprint density at radius 3 is 2.64 bits per heavy atom. The monoisotopic (exact) mass is 327 g/mol. The van der Waals surface area contributed by atoms with Crippen LogP contribution in [0.4, 0.5) is 10.5 Å². The summed E-state index contributed by atoms with van der Waals surface area (Å²) in [6.07, 6.45) is 3.30. The molecule has 1 aromatic heterocycles. The van der Waals surface area contributed by atoms with Crippen LogP contribution >= 0.6 is 0 Å². The van der Waals surface area contributed by atoms with E-state index in [4.69, 9.17) is 0 Å². The molecular weight excluding hydrogens is 306 g/mol. The van der Waals surface area contributed by atoms with Crippen molar-refractivity contribution in [1.29, 1.82) is 0 Å². The molecule has 0 spiro atoms. The minimum atomic E-state index is -2.94. The average molecular weight is 327 g/mol. The molecule has 1 fully saturated rings. The lowest BCUT2D eigenvalue weighted by Gasteiger charge is -2.23. The number of pyridine rings is 1. The van der Waals surface area contributed by atoms with Crippen LogP contribution in [-0.2, 0) is 16.4 Å². The first kappa shape index (κ1) is 16.5. The second-order valence-electron chi connectivity index (χ2n) is 5.47. The summed E-state index contributed by atoms with van der Waals surface area (Å²) in [5.41, 5.74) is 0.430. The van der Waals surface area contributed by atoms with Crippen LogP contribution < -0.4 is 16.2 Å². The van der Waals surface area contributed by atoms with E-state index >= 15 is 0 Å². The maximum atomic E-state index is 11.9. The summed E-state index contributed by atoms with van der Waals surface area (Å²) in [6.45, 7) is 2.56. The van der Waals surface area contributed by atoms with E-state index in [-0.39, 0.29) is 29.1 Å². The zero-order valence-corrected chi connectivity index (χ0v) is 13.4. The highest BCUT2D eigenvalue weighted by molar-refractivity contribution is 7.91. The number of urea groups is 1. The lowest BCUT2D eigenvalue weighted by Crippen LogP contribution is -2.42. The molecule has 0 bridgehead atoms. The molecule has 8 heteroatoms. The van der Waals surface area contributed by atoms with Crippen molar-refractivity contribution in [3.8, 4) is 0 Å². The summed E-state index contributed by atoms with van der Waals surface area (Å²) < 4.78 is 24.2. The Morgan fingerprint density at radius 1 is 1.32 bits per heavy atom. The highest BCUT2D eigenvalue weighted by atomic mass is 32.2. The maximum absolute atomic E-state index is 11.9. The summed E-state index contributed by atoms with van der Waals surface area (Å²) in [5.74, 6) is 0.221. The van der Waals surface area contributed by atoms with Gasteiger partial charge >= 0.3 is 6.03 Å². The molecule has 1 aliphatic heterocycles. The van der Waals surface area contributed by atoms with Crippen LogP contribution in [0.2, 0.25) is 0 Å². The Bertz CT molecular complexity index is 682. The average Bonchev–Trinajstić information content (AvgIpc) is 2.45. The Balaban J connectivity index is 1.92. The van der Waals surface area contributed by atoms with Crippen molar-refractivity contribution >= 4 is 21.6 Å². The SMILES string of the molecule is CCCn1cc(NC(=O)NC2CCS(=O)(=O)CC2)ccc1=O. The third kappa shape index (κ3) is 4.59. The number of anilines is 1. The lowest BCUT2D eigenvalue weighted by atomic mass is 10.2. The molecule has 0 radical (unpaired) electrons. The number of carbonyl (C=O) groups excluding carboxylic acids is 1. The van der Waals surface area contributed by atoms with Gasteiger partial charge in [-0.25, -0.2) is 13.2 Å². The Labute approximate surface area is 129 Å². The summed E-state index contributed by atoms with van der Waals surface area (Å²) in [6, 6.07) is 2.45. The lowest BCUT2D eigenvalue weighted by molar-refractivity contribution is 0.247. The number of aryl methyl sites for hydroxylation is 1. The molecule has 1 aromatic rings. The number of carbonyl (C=O) groups is 1. The maximum Gasteiger partial charge on any atom is 0.319 e. The van der Waals surface area contributed by atoms with Crippen LogP contribution in [0, 0.1) is 0 Å². The second-order valence-corrected chi connectivity index (χ2v) is 7.78. The summed E-state index contributed by atoms with van der Waals surface area (Å²) >= 11 is 0. The van der Waals surface area contributed by atoms with E-state index < -0.39 is 9.84 Å². The van der Waals surface area contributed by atoms with Gasteiger partial charge in [-0.05, 0) is 25.3 Å². The van der Waals surface area contributed by atoms with E-state index in [1.54, 1.807) is 16.8 Å². The first-order valence-electron chi connectivity index (χ1n) is 7.38. The molecule has 2 heterocycles. The van der Waals surface area contributed by atoms with Crippen LogP contribution in [0.1, 0.15) is 26.2 Å². The van der Waals surface area contributed by atoms with Gasteiger partial charge in [0.1, 0.15) is 9.84 Å². The van der Waals surface area contributed by atoms with Crippen molar-refractivity contribution in [2.75, 3.05) is 16.8 Å². The standard InChI is InChI=1S/C14H21N3O4S/c1-2-7-17-10-12(3-4-13(17)18)16-14(19)15-11-5-8-22(20,21)9-6-11/h3-4,10-11H,2,5-9H2,1H3,(H2,15,16,19). The number of hydrogen-bond acceptors (Lipinski definition) is 4. The van der Waals surface area contributed by atoms with Crippen LogP contribution in [-0.4, -0.2) is 36.6 Å². The van der Waals surface area contributed by atoms with Gasteiger partial charge in [-0.2, -0.15) is 0 Å². The van der Waals surface area contributed by atoms with Gasteiger partial charge in [-0.3, -0.25) is 4.79 Å². The minimum Gasteiger partial charge on any atom is -0.335 e. The van der Waals surface area contributed by atoms with Crippen molar-refractivity contribution in [1.82, 2.24) is 9.88 Å². The zero-order valence-electron chi connectivity index (χ0n) is 12.5. The molecule has 2 rings (SSSR count). The third-order valence-electron chi connectivity index (χ3n) is 3.60. The predicted molar refractivity (Wildman–Crippen MR) is 84.8 cm³/mol. The molecule has 0 saturated carbocycles. The zero-order chi connectivity index (χ0) is 16.2. The van der Waals surface area contributed by atoms with E-state index in [1.807, 2.05) is 6.92 Å². The molecule has 122 valence electrons. The van der Waals surface area contributed by atoms with Crippen molar-refractivity contribution in [2.45, 2.75) is 38.8 Å². The van der Waals surface area contributed by atoms with Gasteiger partial charge in [0.25, 0.3) is 5.56 Å². The fourth-order valence-electron chi connectivity index (χ4n) is 2.41. The van der Waals surface area contributed by atoms with Crippen LogP contribution in [0.5, 0.6) is 0 Å². The van der Waals surface area contributed by atoms with E-state index in [0.717, 1.165) is 6.42 Å². The fourth-order valence-corrected chi connectivity index (χ4v) is 3.90. The Hall–Kier alpha value is -1.83. The number of rotatable bonds is 4. The number of nitrogens with zero attached hydrogens (tertiary/aromatic N) is 1. The fraction of sp³-hybridized carbons (Fsp3) is 0.571. The minimum absolute atomic E-state index is 0.106. The molecule has 1 saturated heterocycles. The van der Waals surface area contributed by atoms with E-state index in [9.17, 15) is 18.0 Å².